The van der Waals surface area contributed by atoms with Gasteiger partial charge < -0.3 is 10.1 Å². The number of ketones is 1. The van der Waals surface area contributed by atoms with Gasteiger partial charge in [-0.05, 0) is 11.1 Å². The molecule has 1 atom stereocenters. The maximum absolute atomic E-state index is 12.6. The molecule has 3 heterocycles. The number of aromatic nitrogens is 4. The standard InChI is InChI=1S/C20H18F3N5O2/c21-20(22,23)19-25-9-16(10-26-19)28-12-15(8-27-28)17(29)7-13-1-3-14(4-2-13)18-11-24-5-6-30-18/h1-4,8-10,12,18,24H,5-7,11H2/t18-/m1/s1. The van der Waals surface area contributed by atoms with Gasteiger partial charge in [-0.25, -0.2) is 14.6 Å². The number of carbonyl (C=O) groups excluding carboxylic acids is 1. The zero-order valence-corrected chi connectivity index (χ0v) is 15.8. The fourth-order valence-corrected chi connectivity index (χ4v) is 3.11. The quantitative estimate of drug-likeness (QED) is 0.643. The molecule has 0 bridgehead atoms. The zero-order chi connectivity index (χ0) is 21.1. The summed E-state index contributed by atoms with van der Waals surface area (Å²) in [5, 5.41) is 7.30. The smallest absolute Gasteiger partial charge is 0.371 e. The minimum Gasteiger partial charge on any atom is -0.371 e. The lowest BCUT2D eigenvalue weighted by atomic mass is 10.0. The number of alkyl halides is 3. The van der Waals surface area contributed by atoms with Crippen molar-refractivity contribution in [1.82, 2.24) is 25.1 Å². The Labute approximate surface area is 169 Å². The van der Waals surface area contributed by atoms with Gasteiger partial charge in [-0.15, -0.1) is 0 Å². The van der Waals surface area contributed by atoms with Crippen molar-refractivity contribution in [3.8, 4) is 5.69 Å². The molecule has 3 aromatic rings. The molecule has 1 saturated heterocycles. The number of halogens is 3. The molecule has 7 nitrogen and oxygen atoms in total. The van der Waals surface area contributed by atoms with E-state index in [-0.39, 0.29) is 24.0 Å². The number of carbonyl (C=O) groups is 1. The number of nitrogens with one attached hydrogen (secondary N) is 1. The number of Topliss-reactive ketones (excluding diaryl/α,β-unsaturated/α-hetero) is 1. The number of hydrogen-bond acceptors (Lipinski definition) is 6. The van der Waals surface area contributed by atoms with Crippen LogP contribution in [0.25, 0.3) is 5.69 Å². The molecule has 1 fully saturated rings. The third-order valence-corrected chi connectivity index (χ3v) is 4.70. The van der Waals surface area contributed by atoms with Gasteiger partial charge in [-0.1, -0.05) is 24.3 Å². The first-order chi connectivity index (χ1) is 14.4. The maximum atomic E-state index is 12.6. The van der Waals surface area contributed by atoms with Crippen LogP contribution in [0.2, 0.25) is 0 Å². The summed E-state index contributed by atoms with van der Waals surface area (Å²) < 4.78 is 44.7. The Balaban J connectivity index is 1.41. The van der Waals surface area contributed by atoms with Crippen molar-refractivity contribution in [1.29, 1.82) is 0 Å². The van der Waals surface area contributed by atoms with E-state index >= 15 is 0 Å². The number of ether oxygens (including phenoxy) is 1. The topological polar surface area (TPSA) is 81.9 Å². The van der Waals surface area contributed by atoms with Crippen molar-refractivity contribution < 1.29 is 22.7 Å². The minimum atomic E-state index is -4.61. The molecule has 0 aliphatic carbocycles. The molecule has 1 aliphatic heterocycles. The van der Waals surface area contributed by atoms with Crippen molar-refractivity contribution in [3.05, 3.63) is 71.6 Å². The molecule has 0 saturated carbocycles. The van der Waals surface area contributed by atoms with Crippen LogP contribution in [0, 0.1) is 0 Å². The SMILES string of the molecule is O=C(Cc1ccc([C@H]2CNCCO2)cc1)c1cnn(-c2cnc(C(F)(F)F)nc2)c1. The predicted octanol–water partition coefficient (Wildman–Crippen LogP) is 2.77. The average Bonchev–Trinajstić information content (AvgIpc) is 3.25. The number of hydrogen-bond donors (Lipinski definition) is 1. The Morgan fingerprint density at radius 1 is 1.17 bits per heavy atom. The lowest BCUT2D eigenvalue weighted by molar-refractivity contribution is -0.145. The lowest BCUT2D eigenvalue weighted by Gasteiger charge is -2.24. The maximum Gasteiger partial charge on any atom is 0.451 e. The first-order valence-corrected chi connectivity index (χ1v) is 9.29. The Bertz CT molecular complexity index is 1010. The van der Waals surface area contributed by atoms with Gasteiger partial charge in [-0.2, -0.15) is 18.3 Å². The highest BCUT2D eigenvalue weighted by molar-refractivity contribution is 5.97. The van der Waals surface area contributed by atoms with Crippen LogP contribution < -0.4 is 5.32 Å². The van der Waals surface area contributed by atoms with Crippen molar-refractivity contribution in [2.75, 3.05) is 19.7 Å². The molecular formula is C20H18F3N5O2. The highest BCUT2D eigenvalue weighted by Gasteiger charge is 2.34. The van der Waals surface area contributed by atoms with Gasteiger partial charge in [0.15, 0.2) is 5.78 Å². The van der Waals surface area contributed by atoms with E-state index in [4.69, 9.17) is 4.74 Å². The molecule has 0 amide bonds. The van der Waals surface area contributed by atoms with Crippen molar-refractivity contribution >= 4 is 5.78 Å². The minimum absolute atomic E-state index is 0.00712. The Morgan fingerprint density at radius 2 is 1.90 bits per heavy atom. The third-order valence-electron chi connectivity index (χ3n) is 4.70. The zero-order valence-electron chi connectivity index (χ0n) is 15.8. The second kappa shape index (κ2) is 8.33. The van der Waals surface area contributed by atoms with Gasteiger partial charge in [0.1, 0.15) is 5.69 Å². The van der Waals surface area contributed by atoms with Crippen molar-refractivity contribution in [2.24, 2.45) is 0 Å². The van der Waals surface area contributed by atoms with E-state index in [1.54, 1.807) is 0 Å². The van der Waals surface area contributed by atoms with Crippen molar-refractivity contribution in [2.45, 2.75) is 18.7 Å². The summed E-state index contributed by atoms with van der Waals surface area (Å²) in [5.74, 6) is -1.38. The summed E-state index contributed by atoms with van der Waals surface area (Å²) in [6, 6.07) is 7.67. The molecule has 1 N–H and O–H groups in total. The molecular weight excluding hydrogens is 399 g/mol. The van der Waals surface area contributed by atoms with E-state index in [0.29, 0.717) is 12.2 Å². The van der Waals surface area contributed by atoms with E-state index in [2.05, 4.69) is 20.4 Å². The number of rotatable bonds is 5. The average molecular weight is 417 g/mol. The summed E-state index contributed by atoms with van der Waals surface area (Å²) in [6.07, 6.45) is 0.418. The first kappa shape index (κ1) is 20.2. The summed E-state index contributed by atoms with van der Waals surface area (Å²) in [5.41, 5.74) is 2.47. The van der Waals surface area contributed by atoms with Crippen LogP contribution in [-0.2, 0) is 17.3 Å². The molecule has 30 heavy (non-hydrogen) atoms. The number of nitrogens with zero attached hydrogens (tertiary/aromatic N) is 4. The highest BCUT2D eigenvalue weighted by atomic mass is 19.4. The van der Waals surface area contributed by atoms with Crippen LogP contribution in [0.1, 0.15) is 33.4 Å². The van der Waals surface area contributed by atoms with Crippen LogP contribution >= 0.6 is 0 Å². The van der Waals surface area contributed by atoms with E-state index < -0.39 is 12.0 Å². The number of benzene rings is 1. The molecule has 1 aromatic carbocycles. The Hall–Kier alpha value is -3.11. The summed E-state index contributed by atoms with van der Waals surface area (Å²) >= 11 is 0. The first-order valence-electron chi connectivity index (χ1n) is 9.29. The van der Waals surface area contributed by atoms with Crippen molar-refractivity contribution in [3.63, 3.8) is 0 Å². The third kappa shape index (κ3) is 4.55. The van der Waals surface area contributed by atoms with Gasteiger partial charge in [0, 0.05) is 25.7 Å². The van der Waals surface area contributed by atoms with Crippen LogP contribution in [0.4, 0.5) is 13.2 Å². The molecule has 10 heteroatoms. The van der Waals surface area contributed by atoms with Gasteiger partial charge >= 0.3 is 6.18 Å². The molecule has 2 aromatic heterocycles. The lowest BCUT2D eigenvalue weighted by Crippen LogP contribution is -2.33. The van der Waals surface area contributed by atoms with Gasteiger partial charge in [0.05, 0.1) is 36.9 Å². The van der Waals surface area contributed by atoms with Crippen LogP contribution in [0.3, 0.4) is 0 Å². The number of morpholine rings is 1. The van der Waals surface area contributed by atoms with E-state index in [1.807, 2.05) is 24.3 Å². The van der Waals surface area contributed by atoms with Gasteiger partial charge in [0.2, 0.25) is 5.82 Å². The second-order valence-electron chi connectivity index (χ2n) is 6.84. The van der Waals surface area contributed by atoms with Crippen LogP contribution in [0.15, 0.2) is 49.1 Å². The van der Waals surface area contributed by atoms with Crippen LogP contribution in [0.5, 0.6) is 0 Å². The van der Waals surface area contributed by atoms with E-state index in [1.165, 1.54) is 17.1 Å². The molecule has 156 valence electrons. The highest BCUT2D eigenvalue weighted by Crippen LogP contribution is 2.25. The Morgan fingerprint density at radius 3 is 2.53 bits per heavy atom. The fourth-order valence-electron chi connectivity index (χ4n) is 3.11. The largest absolute Gasteiger partial charge is 0.451 e. The molecule has 1 aliphatic rings. The summed E-state index contributed by atoms with van der Waals surface area (Å²) in [7, 11) is 0. The van der Waals surface area contributed by atoms with E-state index in [9.17, 15) is 18.0 Å². The van der Waals surface area contributed by atoms with Crippen LogP contribution in [-0.4, -0.2) is 45.2 Å². The van der Waals surface area contributed by atoms with Gasteiger partial charge in [-0.3, -0.25) is 4.79 Å². The molecule has 4 rings (SSSR count). The predicted molar refractivity (Wildman–Crippen MR) is 100 cm³/mol. The Kier molecular flexibility index (Phi) is 5.60. The molecule has 0 spiro atoms. The monoisotopic (exact) mass is 417 g/mol. The van der Waals surface area contributed by atoms with E-state index in [0.717, 1.165) is 36.6 Å². The normalized spacial score (nSPS) is 17.1. The van der Waals surface area contributed by atoms with Gasteiger partial charge in [0.25, 0.3) is 0 Å². The summed E-state index contributed by atoms with van der Waals surface area (Å²) in [6.45, 7) is 2.26. The molecule has 0 unspecified atom stereocenters. The second-order valence-corrected chi connectivity index (χ2v) is 6.84. The summed E-state index contributed by atoms with van der Waals surface area (Å²) in [4.78, 5) is 19.2. The molecule has 0 radical (unpaired) electrons. The fraction of sp³-hybridized carbons (Fsp3) is 0.300.